The number of aromatic nitrogens is 1. The molecule has 1 atom stereocenters. The number of aryl methyl sites for hydroxylation is 2. The van der Waals surface area contributed by atoms with Gasteiger partial charge in [0.2, 0.25) is 0 Å². The van der Waals surface area contributed by atoms with E-state index in [1.165, 1.54) is 33.3 Å². The zero-order chi connectivity index (χ0) is 21.4. The number of fused-ring (bicyclic) bond motifs is 3. The van der Waals surface area contributed by atoms with Crippen LogP contribution in [-0.2, 0) is 13.0 Å². The highest BCUT2D eigenvalue weighted by atomic mass is 16.5. The summed E-state index contributed by atoms with van der Waals surface area (Å²) < 4.78 is 11.6. The van der Waals surface area contributed by atoms with Crippen molar-refractivity contribution < 1.29 is 9.47 Å². The van der Waals surface area contributed by atoms with Crippen LogP contribution in [0, 0.1) is 13.8 Å². The average Bonchev–Trinajstić information content (AvgIpc) is 3.18. The number of rotatable bonds is 5. The van der Waals surface area contributed by atoms with E-state index in [1.807, 2.05) is 18.2 Å². The average molecular weight is 413 g/mol. The van der Waals surface area contributed by atoms with Gasteiger partial charge in [0.1, 0.15) is 18.1 Å². The van der Waals surface area contributed by atoms with Crippen LogP contribution in [0.3, 0.4) is 0 Å². The van der Waals surface area contributed by atoms with Crippen molar-refractivity contribution in [1.82, 2.24) is 10.3 Å². The number of aromatic amines is 1. The van der Waals surface area contributed by atoms with Crippen LogP contribution >= 0.6 is 0 Å². The van der Waals surface area contributed by atoms with E-state index in [9.17, 15) is 0 Å². The van der Waals surface area contributed by atoms with Gasteiger partial charge < -0.3 is 19.8 Å². The Morgan fingerprint density at radius 3 is 2.61 bits per heavy atom. The van der Waals surface area contributed by atoms with Gasteiger partial charge in [0.25, 0.3) is 0 Å². The van der Waals surface area contributed by atoms with Crippen LogP contribution < -0.4 is 14.8 Å². The van der Waals surface area contributed by atoms with Crippen molar-refractivity contribution in [1.29, 1.82) is 0 Å². The number of H-pyrrole nitrogens is 1. The fourth-order valence-electron chi connectivity index (χ4n) is 4.65. The summed E-state index contributed by atoms with van der Waals surface area (Å²) in [5, 5.41) is 4.98. The molecule has 158 valence electrons. The molecule has 1 aromatic heterocycles. The lowest BCUT2D eigenvalue weighted by Gasteiger charge is -2.27. The van der Waals surface area contributed by atoms with E-state index >= 15 is 0 Å². The standard InChI is InChI=1S/C27H28N2O2/c1-17-14-25(30-3)18(2)13-22(17)26-27-21(11-12-28-26)23-15-20(9-10-24(23)29-27)31-16-19-7-5-4-6-8-19/h4-10,13-15,26,28-29H,11-12,16H2,1-3H3. The second kappa shape index (κ2) is 8.12. The van der Waals surface area contributed by atoms with Gasteiger partial charge in [-0.2, -0.15) is 0 Å². The zero-order valence-electron chi connectivity index (χ0n) is 18.3. The molecule has 4 nitrogen and oxygen atoms in total. The Balaban J connectivity index is 1.49. The maximum atomic E-state index is 6.09. The molecule has 5 rings (SSSR count). The molecule has 2 heterocycles. The van der Waals surface area contributed by atoms with Crippen molar-refractivity contribution >= 4 is 10.9 Å². The number of benzene rings is 3. The highest BCUT2D eigenvalue weighted by Crippen LogP contribution is 2.37. The predicted molar refractivity (Wildman–Crippen MR) is 125 cm³/mol. The van der Waals surface area contributed by atoms with E-state index in [-0.39, 0.29) is 6.04 Å². The lowest BCUT2D eigenvalue weighted by atomic mass is 9.90. The summed E-state index contributed by atoms with van der Waals surface area (Å²) >= 11 is 0. The third-order valence-corrected chi connectivity index (χ3v) is 6.27. The first kappa shape index (κ1) is 19.7. The van der Waals surface area contributed by atoms with Crippen molar-refractivity contribution in [3.8, 4) is 11.5 Å². The van der Waals surface area contributed by atoms with Crippen LogP contribution in [0.15, 0.2) is 60.7 Å². The summed E-state index contributed by atoms with van der Waals surface area (Å²) in [5.74, 6) is 1.85. The topological polar surface area (TPSA) is 46.3 Å². The predicted octanol–water partition coefficient (Wildman–Crippen LogP) is 5.61. The summed E-state index contributed by atoms with van der Waals surface area (Å²) in [5.41, 5.74) is 8.67. The fraction of sp³-hybridized carbons (Fsp3) is 0.259. The molecule has 0 amide bonds. The number of hydrogen-bond acceptors (Lipinski definition) is 3. The van der Waals surface area contributed by atoms with Crippen LogP contribution in [0.1, 0.15) is 39.6 Å². The molecule has 0 spiro atoms. The highest BCUT2D eigenvalue weighted by Gasteiger charge is 2.27. The lowest BCUT2D eigenvalue weighted by molar-refractivity contribution is 0.306. The Morgan fingerprint density at radius 2 is 1.81 bits per heavy atom. The van der Waals surface area contributed by atoms with E-state index in [4.69, 9.17) is 9.47 Å². The molecule has 0 fully saturated rings. The maximum Gasteiger partial charge on any atom is 0.122 e. The minimum absolute atomic E-state index is 0.148. The Hall–Kier alpha value is -3.24. The van der Waals surface area contributed by atoms with E-state index in [2.05, 4.69) is 66.6 Å². The van der Waals surface area contributed by atoms with E-state index in [0.717, 1.165) is 35.5 Å². The third kappa shape index (κ3) is 3.68. The molecule has 0 radical (unpaired) electrons. The summed E-state index contributed by atoms with van der Waals surface area (Å²) in [7, 11) is 1.73. The minimum atomic E-state index is 0.148. The SMILES string of the molecule is COc1cc(C)c(C2NCCc3c2[nH]c2ccc(OCc4ccccc4)cc32)cc1C. The van der Waals surface area contributed by atoms with Crippen molar-refractivity contribution in [2.24, 2.45) is 0 Å². The molecule has 0 saturated carbocycles. The van der Waals surface area contributed by atoms with Gasteiger partial charge in [0.05, 0.1) is 13.2 Å². The van der Waals surface area contributed by atoms with Gasteiger partial charge in [-0.05, 0) is 72.4 Å². The van der Waals surface area contributed by atoms with Crippen LogP contribution in [0.5, 0.6) is 11.5 Å². The van der Waals surface area contributed by atoms with Gasteiger partial charge >= 0.3 is 0 Å². The fourth-order valence-corrected chi connectivity index (χ4v) is 4.65. The molecule has 1 aliphatic heterocycles. The first-order valence-corrected chi connectivity index (χ1v) is 10.8. The Kier molecular flexibility index (Phi) is 5.16. The summed E-state index contributed by atoms with van der Waals surface area (Å²) in [6.45, 7) is 5.79. The lowest BCUT2D eigenvalue weighted by Crippen LogP contribution is -2.31. The molecule has 0 bridgehead atoms. The number of methoxy groups -OCH3 is 1. The number of ether oxygens (including phenoxy) is 2. The van der Waals surface area contributed by atoms with Crippen LogP contribution in [0.25, 0.3) is 10.9 Å². The van der Waals surface area contributed by atoms with E-state index in [0.29, 0.717) is 6.61 Å². The minimum Gasteiger partial charge on any atom is -0.496 e. The quantitative estimate of drug-likeness (QED) is 0.448. The smallest absolute Gasteiger partial charge is 0.122 e. The molecule has 2 N–H and O–H groups in total. The van der Waals surface area contributed by atoms with Gasteiger partial charge in [-0.3, -0.25) is 0 Å². The van der Waals surface area contributed by atoms with Crippen LogP contribution in [0.4, 0.5) is 0 Å². The molecule has 4 aromatic rings. The van der Waals surface area contributed by atoms with Gasteiger partial charge in [-0.25, -0.2) is 0 Å². The molecular weight excluding hydrogens is 384 g/mol. The van der Waals surface area contributed by atoms with Gasteiger partial charge in [0.15, 0.2) is 0 Å². The van der Waals surface area contributed by atoms with E-state index < -0.39 is 0 Å². The summed E-state index contributed by atoms with van der Waals surface area (Å²) in [6, 6.07) is 21.2. The zero-order valence-corrected chi connectivity index (χ0v) is 18.3. The van der Waals surface area contributed by atoms with Crippen molar-refractivity contribution in [2.45, 2.75) is 32.9 Å². The monoisotopic (exact) mass is 412 g/mol. The first-order valence-electron chi connectivity index (χ1n) is 10.8. The Bertz CT molecular complexity index is 1230. The molecule has 4 heteroatoms. The largest absolute Gasteiger partial charge is 0.496 e. The molecule has 0 saturated heterocycles. The Labute approximate surface area is 183 Å². The Morgan fingerprint density at radius 1 is 0.968 bits per heavy atom. The molecule has 0 aliphatic carbocycles. The summed E-state index contributed by atoms with van der Waals surface area (Å²) in [4.78, 5) is 3.69. The van der Waals surface area contributed by atoms with Crippen LogP contribution in [-0.4, -0.2) is 18.6 Å². The molecule has 3 aromatic carbocycles. The van der Waals surface area contributed by atoms with Gasteiger partial charge in [-0.1, -0.05) is 36.4 Å². The van der Waals surface area contributed by atoms with Gasteiger partial charge in [0, 0.05) is 23.1 Å². The highest BCUT2D eigenvalue weighted by molar-refractivity contribution is 5.86. The molecule has 31 heavy (non-hydrogen) atoms. The summed E-state index contributed by atoms with van der Waals surface area (Å²) in [6.07, 6.45) is 1.00. The molecular formula is C27H28N2O2. The number of nitrogens with one attached hydrogen (secondary N) is 2. The molecule has 1 aliphatic rings. The van der Waals surface area contributed by atoms with Crippen LogP contribution in [0.2, 0.25) is 0 Å². The second-order valence-electron chi connectivity index (χ2n) is 8.31. The third-order valence-electron chi connectivity index (χ3n) is 6.27. The first-order chi connectivity index (χ1) is 15.1. The van der Waals surface area contributed by atoms with Crippen molar-refractivity contribution in [2.75, 3.05) is 13.7 Å². The second-order valence-corrected chi connectivity index (χ2v) is 8.31. The number of hydrogen-bond donors (Lipinski definition) is 2. The van der Waals surface area contributed by atoms with E-state index in [1.54, 1.807) is 7.11 Å². The van der Waals surface area contributed by atoms with Gasteiger partial charge in [-0.15, -0.1) is 0 Å². The maximum absolute atomic E-state index is 6.09. The van der Waals surface area contributed by atoms with Crippen molar-refractivity contribution in [3.05, 3.63) is 94.2 Å². The van der Waals surface area contributed by atoms with Crippen molar-refractivity contribution in [3.63, 3.8) is 0 Å². The molecule has 1 unspecified atom stereocenters. The normalized spacial score (nSPS) is 15.6.